The highest BCUT2D eigenvalue weighted by atomic mass is 35.5. The summed E-state index contributed by atoms with van der Waals surface area (Å²) in [6.45, 7) is 6.41. The molecule has 2 aliphatic heterocycles. The van der Waals surface area contributed by atoms with Crippen LogP contribution >= 0.6 is 46.4 Å². The third kappa shape index (κ3) is 14.1. The molecule has 14 nitrogen and oxygen atoms in total. The zero-order valence-electron chi connectivity index (χ0n) is 44.6. The number of ether oxygens (including phenoxy) is 2. The van der Waals surface area contributed by atoms with Crippen molar-refractivity contribution < 1.29 is 28.7 Å². The zero-order chi connectivity index (χ0) is 54.2. The van der Waals surface area contributed by atoms with Crippen LogP contribution in [0.1, 0.15) is 112 Å². The number of unbranched alkanes of at least 4 members (excludes halogenated alkanes) is 1. The molecule has 4 saturated carbocycles. The minimum Gasteiger partial charge on any atom is -0.379 e. The Morgan fingerprint density at radius 1 is 0.500 bits per heavy atom. The van der Waals surface area contributed by atoms with Gasteiger partial charge in [0.25, 0.3) is 0 Å². The Morgan fingerprint density at radius 3 is 1.44 bits per heavy atom. The maximum atomic E-state index is 14.0. The molecule has 0 unspecified atom stereocenters. The fourth-order valence-corrected chi connectivity index (χ4v) is 12.2. The first kappa shape index (κ1) is 56.6. The highest BCUT2D eigenvalue weighted by molar-refractivity contribution is 6.34. The first-order valence-electron chi connectivity index (χ1n) is 28.4. The number of anilines is 4. The lowest BCUT2D eigenvalue weighted by molar-refractivity contribution is -0.122. The van der Waals surface area contributed by atoms with Gasteiger partial charge in [-0.2, -0.15) is 0 Å². The number of hydrogen-bond acceptors (Lipinski definition) is 10. The van der Waals surface area contributed by atoms with E-state index in [0.717, 1.165) is 103 Å². The minimum absolute atomic E-state index is 0.122. The van der Waals surface area contributed by atoms with E-state index in [1.165, 1.54) is 25.7 Å². The van der Waals surface area contributed by atoms with Crippen LogP contribution in [0.2, 0.25) is 20.1 Å². The van der Waals surface area contributed by atoms with Gasteiger partial charge >= 0.3 is 6.03 Å². The van der Waals surface area contributed by atoms with E-state index in [-0.39, 0.29) is 23.6 Å². The standard InChI is InChI=1S/C60H74Cl4N8O6/c61-48-37-43(39-67-59(21-22-59)56(74)71-29-27-69(45-17-18-45)52-13-3-5-15-54(52)71)50(63)35-41(48)9-1-2-11-47(73)12-8-31-77-33-34-78-32-26-66-58(76)65-25-7-10-42-36-51(64)44(38-49(42)62)40-68-60(23-24-60)57(75)72-30-28-70(46-19-20-46)53-14-4-6-16-55(53)72/h3-6,13-16,35-38,45-46,67-68H,1-2,7-12,17-34,39-40H2,(H2,65,66,76). The molecule has 10 rings (SSSR count). The van der Waals surface area contributed by atoms with Crippen molar-refractivity contribution in [2.45, 2.75) is 139 Å². The van der Waals surface area contributed by atoms with Crippen molar-refractivity contribution in [1.82, 2.24) is 21.3 Å². The second-order valence-electron chi connectivity index (χ2n) is 22.0. The van der Waals surface area contributed by atoms with Crippen molar-refractivity contribution in [2.24, 2.45) is 0 Å². The van der Waals surface area contributed by atoms with E-state index in [9.17, 15) is 19.2 Å². The van der Waals surface area contributed by atoms with E-state index in [2.05, 4.69) is 67.5 Å². The molecule has 0 radical (unpaired) electrons. The number of halogens is 4. The van der Waals surface area contributed by atoms with Gasteiger partial charge in [-0.1, -0.05) is 70.7 Å². The smallest absolute Gasteiger partial charge is 0.314 e. The minimum atomic E-state index is -0.597. The van der Waals surface area contributed by atoms with Crippen LogP contribution < -0.4 is 40.9 Å². The van der Waals surface area contributed by atoms with Crippen LogP contribution in [-0.4, -0.2) is 112 Å². The quantitative estimate of drug-likeness (QED) is 0.0388. The van der Waals surface area contributed by atoms with Gasteiger partial charge in [-0.05, 0) is 161 Å². The summed E-state index contributed by atoms with van der Waals surface area (Å²) in [7, 11) is 0. The summed E-state index contributed by atoms with van der Waals surface area (Å²) in [5.74, 6) is 0.466. The van der Waals surface area contributed by atoms with E-state index in [1.54, 1.807) is 0 Å². The number of urea groups is 1. The average Bonchev–Trinajstić information content (AvgIpc) is 4.25. The molecule has 6 aliphatic rings. The van der Waals surface area contributed by atoms with Gasteiger partial charge in [0.1, 0.15) is 5.78 Å². The molecule has 4 aromatic carbocycles. The van der Waals surface area contributed by atoms with Crippen molar-refractivity contribution in [2.75, 3.05) is 85.3 Å². The number of rotatable bonds is 29. The predicted molar refractivity (Wildman–Crippen MR) is 312 cm³/mol. The second kappa shape index (κ2) is 25.9. The Labute approximate surface area is 479 Å². The molecule has 18 heteroatoms. The molecule has 4 aliphatic carbocycles. The SMILES string of the molecule is O=C(CCCCc1cc(Cl)c(CNC2(C(=O)N3CCN(C4CC4)c4ccccc43)CC2)cc1Cl)CCCOCCOCCNC(=O)NCCCc1cc(Cl)c(CNC2(C(=O)N3CCN(C4CC4)c4ccccc43)CC2)cc1Cl. The van der Waals surface area contributed by atoms with Crippen LogP contribution in [0.15, 0.2) is 72.8 Å². The molecule has 0 atom stereocenters. The first-order chi connectivity index (χ1) is 37.9. The molecule has 0 saturated heterocycles. The number of Topliss-reactive ketones (excluding diaryl/α,β-unsaturated/α-hetero) is 1. The molecule has 2 heterocycles. The number of para-hydroxylation sites is 4. The van der Waals surface area contributed by atoms with Crippen LogP contribution in [0.3, 0.4) is 0 Å². The highest BCUT2D eigenvalue weighted by Gasteiger charge is 2.54. The van der Waals surface area contributed by atoms with Gasteiger partial charge in [-0.25, -0.2) is 4.79 Å². The monoisotopic (exact) mass is 1140 g/mol. The maximum absolute atomic E-state index is 14.0. The molecule has 0 bridgehead atoms. The van der Waals surface area contributed by atoms with Crippen LogP contribution in [0.4, 0.5) is 27.5 Å². The second-order valence-corrected chi connectivity index (χ2v) is 23.7. The molecular formula is C60H74Cl4N8O6. The molecule has 4 fully saturated rings. The van der Waals surface area contributed by atoms with Gasteiger partial charge in [-0.3, -0.25) is 25.0 Å². The van der Waals surface area contributed by atoms with Gasteiger partial charge in [-0.15, -0.1) is 0 Å². The number of carbonyl (C=O) groups excluding carboxylic acids is 4. The Balaban J connectivity index is 0.531. The van der Waals surface area contributed by atoms with Gasteiger partial charge in [0.15, 0.2) is 0 Å². The molecular weight excluding hydrogens is 1070 g/mol. The molecule has 4 amide bonds. The first-order valence-corrected chi connectivity index (χ1v) is 29.9. The van der Waals surface area contributed by atoms with Crippen molar-refractivity contribution in [3.63, 3.8) is 0 Å². The number of aryl methyl sites for hydroxylation is 2. The number of ketones is 1. The number of amides is 4. The number of carbonyl (C=O) groups is 4. The summed E-state index contributed by atoms with van der Waals surface area (Å²) >= 11 is 27.0. The lowest BCUT2D eigenvalue weighted by Gasteiger charge is -2.39. The Bertz CT molecular complexity index is 2620. The largest absolute Gasteiger partial charge is 0.379 e. The Kier molecular flexibility index (Phi) is 18.8. The summed E-state index contributed by atoms with van der Waals surface area (Å²) in [6.07, 6.45) is 13.3. The van der Waals surface area contributed by atoms with Crippen molar-refractivity contribution in [1.29, 1.82) is 0 Å². The zero-order valence-corrected chi connectivity index (χ0v) is 47.7. The number of nitrogens with zero attached hydrogens (tertiary/aromatic N) is 4. The van der Waals surface area contributed by atoms with E-state index in [4.69, 9.17) is 55.9 Å². The van der Waals surface area contributed by atoms with Gasteiger partial charge < -0.3 is 39.7 Å². The summed E-state index contributed by atoms with van der Waals surface area (Å²) in [4.78, 5) is 61.8. The molecule has 0 spiro atoms. The Morgan fingerprint density at radius 2 is 0.936 bits per heavy atom. The van der Waals surface area contributed by atoms with Gasteiger partial charge in [0.2, 0.25) is 11.8 Å². The molecule has 4 N–H and O–H groups in total. The molecule has 4 aromatic rings. The van der Waals surface area contributed by atoms with Gasteiger partial charge in [0.05, 0.1) is 53.6 Å². The molecule has 418 valence electrons. The van der Waals surface area contributed by atoms with Crippen LogP contribution in [0, 0.1) is 0 Å². The summed E-state index contributed by atoms with van der Waals surface area (Å²) in [6, 6.07) is 25.1. The van der Waals surface area contributed by atoms with Gasteiger partial charge in [0, 0.05) is 104 Å². The lowest BCUT2D eigenvalue weighted by atomic mass is 10.0. The number of benzene rings is 4. The predicted octanol–water partition coefficient (Wildman–Crippen LogP) is 10.6. The third-order valence-electron chi connectivity index (χ3n) is 16.3. The van der Waals surface area contributed by atoms with Crippen molar-refractivity contribution in [3.8, 4) is 0 Å². The van der Waals surface area contributed by atoms with E-state index in [0.29, 0.717) is 130 Å². The van der Waals surface area contributed by atoms with Crippen LogP contribution in [0.25, 0.3) is 0 Å². The number of fused-ring (bicyclic) bond motifs is 2. The topological polar surface area (TPSA) is 148 Å². The maximum Gasteiger partial charge on any atom is 0.314 e. The number of hydrogen-bond donors (Lipinski definition) is 4. The average molecular weight is 1150 g/mol. The van der Waals surface area contributed by atoms with Crippen LogP contribution in [-0.2, 0) is 49.8 Å². The van der Waals surface area contributed by atoms with E-state index >= 15 is 0 Å². The summed E-state index contributed by atoms with van der Waals surface area (Å²) in [5.41, 5.74) is 6.71. The van der Waals surface area contributed by atoms with E-state index < -0.39 is 11.1 Å². The van der Waals surface area contributed by atoms with Crippen LogP contribution in [0.5, 0.6) is 0 Å². The normalized spacial score (nSPS) is 17.8. The van der Waals surface area contributed by atoms with Crippen molar-refractivity contribution >= 4 is 92.8 Å². The van der Waals surface area contributed by atoms with Crippen molar-refractivity contribution in [3.05, 3.63) is 115 Å². The van der Waals surface area contributed by atoms with E-state index in [1.807, 2.05) is 46.2 Å². The molecule has 78 heavy (non-hydrogen) atoms. The highest BCUT2D eigenvalue weighted by Crippen LogP contribution is 2.46. The Hall–Kier alpha value is -4.64. The molecule has 0 aromatic heterocycles. The fraction of sp³-hybridized carbons (Fsp3) is 0.533. The number of nitrogens with one attached hydrogen (secondary N) is 4. The lowest BCUT2D eigenvalue weighted by Crippen LogP contribution is -2.53. The third-order valence-corrected chi connectivity index (χ3v) is 17.7. The summed E-state index contributed by atoms with van der Waals surface area (Å²) < 4.78 is 11.3. The summed E-state index contributed by atoms with van der Waals surface area (Å²) in [5, 5.41) is 15.3. The fourth-order valence-electron chi connectivity index (χ4n) is 11.1.